The Morgan fingerprint density at radius 2 is 1.92 bits per heavy atom. The number of aliphatic hydroxyl groups is 1. The molecule has 0 radical (unpaired) electrons. The van der Waals surface area contributed by atoms with Gasteiger partial charge in [-0.25, -0.2) is 9.09 Å². The molecule has 0 aromatic carbocycles. The molecule has 0 aromatic rings. The van der Waals surface area contributed by atoms with Crippen molar-refractivity contribution in [3.05, 3.63) is 0 Å². The molecule has 3 N–H and O–H groups in total. The van der Waals surface area contributed by atoms with Crippen molar-refractivity contribution in [3.63, 3.8) is 0 Å². The maximum atomic E-state index is 12.2. The van der Waals surface area contributed by atoms with Gasteiger partial charge in [-0.15, -0.1) is 0 Å². The van der Waals surface area contributed by atoms with Crippen LogP contribution in [0.5, 0.6) is 0 Å². The van der Waals surface area contributed by atoms with Crippen LogP contribution in [0, 0.1) is 52.3 Å². The van der Waals surface area contributed by atoms with Gasteiger partial charge in [-0.05, 0) is 106 Å². The Kier molecular flexibility index (Phi) is 8.40. The van der Waals surface area contributed by atoms with Crippen molar-refractivity contribution in [1.29, 1.82) is 0 Å². The van der Waals surface area contributed by atoms with Crippen molar-refractivity contribution >= 4 is 13.8 Å². The molecule has 4 aliphatic carbocycles. The number of esters is 1. The van der Waals surface area contributed by atoms with Gasteiger partial charge in [0.2, 0.25) is 6.79 Å². The molecule has 4 saturated carbocycles. The molecular weight excluding hydrogens is 523 g/mol. The van der Waals surface area contributed by atoms with Crippen LogP contribution in [0.3, 0.4) is 0 Å². The van der Waals surface area contributed by atoms with Crippen LogP contribution in [0.2, 0.25) is 0 Å². The molecule has 9 nitrogen and oxygen atoms in total. The van der Waals surface area contributed by atoms with Gasteiger partial charge >= 0.3 is 13.8 Å². The van der Waals surface area contributed by atoms with E-state index >= 15 is 0 Å². The van der Waals surface area contributed by atoms with Gasteiger partial charge in [-0.1, -0.05) is 20.8 Å². The maximum absolute atomic E-state index is 12.2. The largest absolute Gasteiger partial charge is 0.472 e. The Bertz CT molecular complexity index is 955. The summed E-state index contributed by atoms with van der Waals surface area (Å²) in [7, 11) is -4.68. The molecule has 1 heterocycles. The van der Waals surface area contributed by atoms with Crippen LogP contribution in [-0.2, 0) is 28.1 Å². The third-order valence-corrected chi connectivity index (χ3v) is 12.6. The Hall–Kier alpha value is -0.540. The molecule has 13 atom stereocenters. The number of carbonyl (C=O) groups excluding carboxylic acids is 1. The van der Waals surface area contributed by atoms with E-state index in [0.717, 1.165) is 45.1 Å². The van der Waals surface area contributed by atoms with E-state index in [1.165, 1.54) is 0 Å². The number of rotatable bonds is 9. The number of hydrogen-bond acceptors (Lipinski definition) is 7. The Balaban J connectivity index is 1.32. The molecule has 13 unspecified atom stereocenters. The zero-order chi connectivity index (χ0) is 28.3. The first-order chi connectivity index (χ1) is 18.3. The van der Waals surface area contributed by atoms with E-state index in [2.05, 4.69) is 39.1 Å². The molecular formula is C29H49O9P. The first-order valence-electron chi connectivity index (χ1n) is 15.1. The predicted molar refractivity (Wildman–Crippen MR) is 143 cm³/mol. The lowest BCUT2D eigenvalue weighted by molar-refractivity contribution is -0.263. The normalized spacial score (nSPS) is 47.7. The summed E-state index contributed by atoms with van der Waals surface area (Å²) in [5.41, 5.74) is -0.0328. The Morgan fingerprint density at radius 3 is 2.62 bits per heavy atom. The molecule has 1 saturated heterocycles. The predicted octanol–water partition coefficient (Wildman–Crippen LogP) is 4.67. The summed E-state index contributed by atoms with van der Waals surface area (Å²) >= 11 is 0. The highest BCUT2D eigenvalue weighted by Gasteiger charge is 2.70. The van der Waals surface area contributed by atoms with E-state index in [1.54, 1.807) is 0 Å². The standard InChI is InChI=1S/C29H49O9P/c1-6-35-19-9-10-28(4)18(11-19)12-23-26-22(28)14-24(30)29(5)21(13-20(27(26)29)17(3)38-23)16(2)7-8-25(31)36-15-37-39(32,33)34/h16-24,26-27,30H,6-15H2,1-5H3,(H2,32,33,34). The minimum Gasteiger partial charge on any atom is -0.438 e. The van der Waals surface area contributed by atoms with Crippen molar-refractivity contribution in [2.24, 2.45) is 52.3 Å². The quantitative estimate of drug-likeness (QED) is 0.205. The topological polar surface area (TPSA) is 132 Å². The number of hydrogen-bond donors (Lipinski definition) is 3. The minimum absolute atomic E-state index is 0.143. The fraction of sp³-hybridized carbons (Fsp3) is 0.966. The average Bonchev–Trinajstić information content (AvgIpc) is 3.18. The number of phosphoric acid groups is 1. The van der Waals surface area contributed by atoms with Gasteiger partial charge in [0.25, 0.3) is 0 Å². The lowest BCUT2D eigenvalue weighted by atomic mass is 9.42. The number of fused-ring (bicyclic) bond motifs is 2. The van der Waals surface area contributed by atoms with Crippen molar-refractivity contribution in [3.8, 4) is 0 Å². The van der Waals surface area contributed by atoms with Gasteiger partial charge in [0.05, 0.1) is 24.4 Å². The third kappa shape index (κ3) is 5.28. The van der Waals surface area contributed by atoms with Gasteiger partial charge in [0.1, 0.15) is 0 Å². The van der Waals surface area contributed by atoms with Crippen LogP contribution in [-0.4, -0.2) is 58.7 Å². The summed E-state index contributed by atoms with van der Waals surface area (Å²) in [4.78, 5) is 29.8. The maximum Gasteiger partial charge on any atom is 0.472 e. The van der Waals surface area contributed by atoms with Crippen LogP contribution in [0.25, 0.3) is 0 Å². The van der Waals surface area contributed by atoms with Gasteiger partial charge in [-0.2, -0.15) is 0 Å². The van der Waals surface area contributed by atoms with Crippen LogP contribution in [0.15, 0.2) is 0 Å². The van der Waals surface area contributed by atoms with Crippen molar-refractivity contribution < 1.29 is 43.0 Å². The molecule has 5 rings (SSSR count). The lowest BCUT2D eigenvalue weighted by Gasteiger charge is -2.66. The highest BCUT2D eigenvalue weighted by Crippen LogP contribution is 2.72. The molecule has 0 amide bonds. The molecule has 1 aliphatic heterocycles. The summed E-state index contributed by atoms with van der Waals surface area (Å²) in [6.45, 7) is 11.3. The first kappa shape index (κ1) is 29.9. The fourth-order valence-corrected chi connectivity index (χ4v) is 10.6. The van der Waals surface area contributed by atoms with E-state index < -0.39 is 26.7 Å². The van der Waals surface area contributed by atoms with Crippen molar-refractivity contribution in [2.75, 3.05) is 13.4 Å². The number of aliphatic hydroxyl groups excluding tert-OH is 1. The Morgan fingerprint density at radius 1 is 1.18 bits per heavy atom. The molecule has 0 bridgehead atoms. The molecule has 10 heteroatoms. The van der Waals surface area contributed by atoms with Gasteiger partial charge in [0.15, 0.2) is 0 Å². The van der Waals surface area contributed by atoms with E-state index in [4.69, 9.17) is 24.0 Å². The summed E-state index contributed by atoms with van der Waals surface area (Å²) in [5, 5.41) is 12.0. The molecule has 0 aromatic heterocycles. The summed E-state index contributed by atoms with van der Waals surface area (Å²) in [5.74, 6) is 2.16. The zero-order valence-electron chi connectivity index (χ0n) is 24.2. The van der Waals surface area contributed by atoms with E-state index in [1.807, 2.05) is 0 Å². The van der Waals surface area contributed by atoms with E-state index in [-0.39, 0.29) is 41.3 Å². The summed E-state index contributed by atoms with van der Waals surface area (Å²) in [6.07, 6.45) is 7.29. The fourth-order valence-electron chi connectivity index (χ4n) is 10.4. The average molecular weight is 573 g/mol. The van der Waals surface area contributed by atoms with Crippen molar-refractivity contribution in [2.45, 2.75) is 110 Å². The molecule has 224 valence electrons. The highest BCUT2D eigenvalue weighted by atomic mass is 31.2. The smallest absolute Gasteiger partial charge is 0.438 e. The van der Waals surface area contributed by atoms with Gasteiger partial charge in [0, 0.05) is 18.4 Å². The number of phosphoric ester groups is 1. The number of carbonyl (C=O) groups is 1. The second-order valence-corrected chi connectivity index (χ2v) is 15.0. The van der Waals surface area contributed by atoms with Crippen LogP contribution < -0.4 is 0 Å². The van der Waals surface area contributed by atoms with E-state index in [0.29, 0.717) is 42.1 Å². The van der Waals surface area contributed by atoms with Crippen molar-refractivity contribution in [1.82, 2.24) is 0 Å². The number of ether oxygens (including phenoxy) is 3. The molecule has 0 spiro atoms. The third-order valence-electron chi connectivity index (χ3n) is 12.2. The lowest BCUT2D eigenvalue weighted by Crippen LogP contribution is -2.66. The van der Waals surface area contributed by atoms with Crippen LogP contribution in [0.1, 0.15) is 86.0 Å². The molecule has 5 aliphatic rings. The molecule has 5 fully saturated rings. The molecule has 39 heavy (non-hydrogen) atoms. The SMILES string of the molecule is CCOC1CCC2(C)C(C1)CC1OC(C)C3CC(C(C)CCC(=O)OCOP(=O)(O)O)C4(C)C(O)CC2C1C34. The first-order valence-corrected chi connectivity index (χ1v) is 16.6. The second kappa shape index (κ2) is 10.9. The monoisotopic (exact) mass is 572 g/mol. The van der Waals surface area contributed by atoms with Crippen LogP contribution >= 0.6 is 7.82 Å². The summed E-state index contributed by atoms with van der Waals surface area (Å²) in [6, 6.07) is 0. The highest BCUT2D eigenvalue weighted by molar-refractivity contribution is 7.46. The Labute approximate surface area is 232 Å². The van der Waals surface area contributed by atoms with Gasteiger partial charge in [-0.3, -0.25) is 4.79 Å². The second-order valence-electron chi connectivity index (χ2n) is 13.8. The summed E-state index contributed by atoms with van der Waals surface area (Å²) < 4.78 is 32.9. The zero-order valence-corrected chi connectivity index (χ0v) is 25.1. The van der Waals surface area contributed by atoms with Gasteiger partial charge < -0.3 is 29.1 Å². The van der Waals surface area contributed by atoms with Crippen LogP contribution in [0.4, 0.5) is 0 Å². The van der Waals surface area contributed by atoms with E-state index in [9.17, 15) is 14.5 Å². The minimum atomic E-state index is -4.68.